The highest BCUT2D eigenvalue weighted by atomic mass is 16.4. The van der Waals surface area contributed by atoms with E-state index in [-0.39, 0.29) is 18.5 Å². The number of carbonyl (C=O) groups is 3. The summed E-state index contributed by atoms with van der Waals surface area (Å²) in [5.74, 6) is -3.12. The van der Waals surface area contributed by atoms with Gasteiger partial charge in [0.25, 0.3) is 0 Å². The number of aliphatic carboxylic acids is 2. The van der Waals surface area contributed by atoms with Crippen LogP contribution in [0.3, 0.4) is 0 Å². The van der Waals surface area contributed by atoms with Gasteiger partial charge < -0.3 is 21.3 Å². The van der Waals surface area contributed by atoms with E-state index in [1.807, 2.05) is 0 Å². The van der Waals surface area contributed by atoms with E-state index in [9.17, 15) is 14.4 Å². The van der Waals surface area contributed by atoms with Gasteiger partial charge in [0, 0.05) is 6.42 Å². The van der Waals surface area contributed by atoms with Gasteiger partial charge in [-0.1, -0.05) is 30.3 Å². The Bertz CT molecular complexity index is 554. The highest BCUT2D eigenvalue weighted by molar-refractivity contribution is 5.98. The first-order valence-electron chi connectivity index (χ1n) is 6.18. The lowest BCUT2D eigenvalue weighted by Crippen LogP contribution is -2.41. The van der Waals surface area contributed by atoms with E-state index in [1.54, 1.807) is 30.3 Å². The van der Waals surface area contributed by atoms with Crippen LogP contribution in [0.4, 0.5) is 0 Å². The van der Waals surface area contributed by atoms with Gasteiger partial charge in [-0.15, -0.1) is 0 Å². The molecular formula is C14H16N2O5. The molecule has 7 nitrogen and oxygen atoms in total. The number of carbonyl (C=O) groups excluding carboxylic acids is 1. The van der Waals surface area contributed by atoms with Crippen molar-refractivity contribution in [3.63, 3.8) is 0 Å². The molecule has 0 unspecified atom stereocenters. The normalized spacial score (nSPS) is 12.5. The SMILES string of the molecule is N[C@@H](CCC(=O)O)C(=O)N/C(=C\c1ccccc1)C(=O)O. The average Bonchev–Trinajstić information content (AvgIpc) is 2.44. The third-order valence-corrected chi connectivity index (χ3v) is 2.60. The second-order valence-corrected chi connectivity index (χ2v) is 4.30. The summed E-state index contributed by atoms with van der Waals surface area (Å²) in [4.78, 5) is 33.2. The van der Waals surface area contributed by atoms with Crippen molar-refractivity contribution < 1.29 is 24.6 Å². The molecule has 1 rings (SSSR count). The maximum absolute atomic E-state index is 11.7. The van der Waals surface area contributed by atoms with Crippen LogP contribution in [-0.4, -0.2) is 34.1 Å². The highest BCUT2D eigenvalue weighted by Gasteiger charge is 2.18. The molecule has 112 valence electrons. The molecule has 7 heteroatoms. The van der Waals surface area contributed by atoms with Crippen LogP contribution >= 0.6 is 0 Å². The minimum atomic E-state index is -1.31. The van der Waals surface area contributed by atoms with Crippen LogP contribution in [0.15, 0.2) is 36.0 Å². The monoisotopic (exact) mass is 292 g/mol. The van der Waals surface area contributed by atoms with Gasteiger partial charge in [0.1, 0.15) is 5.70 Å². The molecule has 0 heterocycles. The zero-order valence-electron chi connectivity index (χ0n) is 11.2. The quantitative estimate of drug-likeness (QED) is 0.539. The van der Waals surface area contributed by atoms with Crippen LogP contribution < -0.4 is 11.1 Å². The number of benzene rings is 1. The van der Waals surface area contributed by atoms with E-state index in [1.165, 1.54) is 6.08 Å². The van der Waals surface area contributed by atoms with Crippen LogP contribution in [-0.2, 0) is 14.4 Å². The number of carboxylic acid groups (broad SMARTS) is 2. The van der Waals surface area contributed by atoms with Crippen LogP contribution in [0, 0.1) is 0 Å². The Kier molecular flexibility index (Phi) is 6.09. The molecule has 0 bridgehead atoms. The fourth-order valence-corrected chi connectivity index (χ4v) is 1.50. The molecule has 5 N–H and O–H groups in total. The van der Waals surface area contributed by atoms with E-state index in [4.69, 9.17) is 15.9 Å². The lowest BCUT2D eigenvalue weighted by Gasteiger charge is -2.11. The first-order chi connectivity index (χ1) is 9.90. The average molecular weight is 292 g/mol. The van der Waals surface area contributed by atoms with Crippen molar-refractivity contribution >= 4 is 23.9 Å². The second kappa shape index (κ2) is 7.81. The van der Waals surface area contributed by atoms with E-state index >= 15 is 0 Å². The molecule has 1 atom stereocenters. The van der Waals surface area contributed by atoms with Crippen LogP contribution in [0.25, 0.3) is 6.08 Å². The molecule has 0 saturated carbocycles. The van der Waals surface area contributed by atoms with Gasteiger partial charge >= 0.3 is 11.9 Å². The maximum Gasteiger partial charge on any atom is 0.352 e. The minimum Gasteiger partial charge on any atom is -0.481 e. The lowest BCUT2D eigenvalue weighted by molar-refractivity contribution is -0.138. The first kappa shape index (κ1) is 16.4. The van der Waals surface area contributed by atoms with Crippen LogP contribution in [0.5, 0.6) is 0 Å². The fraction of sp³-hybridized carbons (Fsp3) is 0.214. The van der Waals surface area contributed by atoms with E-state index < -0.39 is 23.9 Å². The van der Waals surface area contributed by atoms with Crippen molar-refractivity contribution in [3.05, 3.63) is 41.6 Å². The van der Waals surface area contributed by atoms with Crippen LogP contribution in [0.1, 0.15) is 18.4 Å². The molecule has 1 aromatic carbocycles. The topological polar surface area (TPSA) is 130 Å². The zero-order valence-corrected chi connectivity index (χ0v) is 11.2. The molecule has 0 aliphatic rings. The lowest BCUT2D eigenvalue weighted by atomic mass is 10.1. The summed E-state index contributed by atoms with van der Waals surface area (Å²) >= 11 is 0. The van der Waals surface area contributed by atoms with Crippen molar-refractivity contribution in [2.75, 3.05) is 0 Å². The molecule has 0 aromatic heterocycles. The smallest absolute Gasteiger partial charge is 0.352 e. The molecule has 1 amide bonds. The zero-order chi connectivity index (χ0) is 15.8. The van der Waals surface area contributed by atoms with Gasteiger partial charge in [0.2, 0.25) is 5.91 Å². The summed E-state index contributed by atoms with van der Waals surface area (Å²) in [6, 6.07) is 7.51. The van der Waals surface area contributed by atoms with Crippen molar-refractivity contribution in [3.8, 4) is 0 Å². The maximum atomic E-state index is 11.7. The summed E-state index contributed by atoms with van der Waals surface area (Å²) in [5.41, 5.74) is 5.80. The number of rotatable bonds is 7. The number of hydrogen-bond donors (Lipinski definition) is 4. The Labute approximate surface area is 121 Å². The van der Waals surface area contributed by atoms with Gasteiger partial charge in [-0.05, 0) is 18.1 Å². The fourth-order valence-electron chi connectivity index (χ4n) is 1.50. The molecular weight excluding hydrogens is 276 g/mol. The van der Waals surface area contributed by atoms with Crippen LogP contribution in [0.2, 0.25) is 0 Å². The van der Waals surface area contributed by atoms with E-state index in [2.05, 4.69) is 5.32 Å². The van der Waals surface area contributed by atoms with Crippen molar-refractivity contribution in [2.45, 2.75) is 18.9 Å². The largest absolute Gasteiger partial charge is 0.481 e. The molecule has 0 aliphatic heterocycles. The Morgan fingerprint density at radius 1 is 1.19 bits per heavy atom. The highest BCUT2D eigenvalue weighted by Crippen LogP contribution is 2.06. The number of hydrogen-bond acceptors (Lipinski definition) is 4. The van der Waals surface area contributed by atoms with Gasteiger partial charge in [-0.3, -0.25) is 9.59 Å². The standard InChI is InChI=1S/C14H16N2O5/c15-10(6-7-12(17)18)13(19)16-11(14(20)21)8-9-4-2-1-3-5-9/h1-5,8,10H,6-7,15H2,(H,16,19)(H,17,18)(H,20,21)/b11-8-/t10-/m0/s1. The second-order valence-electron chi connectivity index (χ2n) is 4.30. The predicted molar refractivity (Wildman–Crippen MR) is 75.0 cm³/mol. The van der Waals surface area contributed by atoms with Gasteiger partial charge in [0.15, 0.2) is 0 Å². The van der Waals surface area contributed by atoms with Crippen molar-refractivity contribution in [2.24, 2.45) is 5.73 Å². The summed E-state index contributed by atoms with van der Waals surface area (Å²) in [6.07, 6.45) is 0.961. The molecule has 0 saturated heterocycles. The van der Waals surface area contributed by atoms with Crippen molar-refractivity contribution in [1.82, 2.24) is 5.32 Å². The number of nitrogens with two attached hydrogens (primary N) is 1. The summed E-state index contributed by atoms with van der Waals surface area (Å²) in [6.45, 7) is 0. The third-order valence-electron chi connectivity index (χ3n) is 2.60. The first-order valence-corrected chi connectivity index (χ1v) is 6.18. The molecule has 0 spiro atoms. The minimum absolute atomic E-state index is 0.0700. The van der Waals surface area contributed by atoms with Crippen molar-refractivity contribution in [1.29, 1.82) is 0 Å². The Morgan fingerprint density at radius 3 is 2.33 bits per heavy atom. The number of amides is 1. The summed E-state index contributed by atoms with van der Waals surface area (Å²) in [5, 5.41) is 19.8. The van der Waals surface area contributed by atoms with Gasteiger partial charge in [-0.2, -0.15) is 0 Å². The third kappa shape index (κ3) is 5.87. The van der Waals surface area contributed by atoms with E-state index in [0.29, 0.717) is 5.56 Å². The van der Waals surface area contributed by atoms with E-state index in [0.717, 1.165) is 0 Å². The number of nitrogens with one attached hydrogen (secondary N) is 1. The molecule has 21 heavy (non-hydrogen) atoms. The predicted octanol–water partition coefficient (Wildman–Crippen LogP) is 0.420. The van der Waals surface area contributed by atoms with Gasteiger partial charge in [0.05, 0.1) is 6.04 Å². The molecule has 0 fully saturated rings. The Hall–Kier alpha value is -2.67. The number of carboxylic acids is 2. The molecule has 1 aromatic rings. The summed E-state index contributed by atoms with van der Waals surface area (Å²) in [7, 11) is 0. The molecule has 0 aliphatic carbocycles. The molecule has 0 radical (unpaired) electrons. The Balaban J connectivity index is 2.75. The Morgan fingerprint density at radius 2 is 1.81 bits per heavy atom. The van der Waals surface area contributed by atoms with Gasteiger partial charge in [-0.25, -0.2) is 4.79 Å². The summed E-state index contributed by atoms with van der Waals surface area (Å²) < 4.78 is 0.